The smallest absolute Gasteiger partial charge is 0.254 e. The molecular weight excluding hydrogens is 275 g/mol. The summed E-state index contributed by atoms with van der Waals surface area (Å²) in [7, 11) is 1.56. The lowest BCUT2D eigenvalue weighted by Crippen LogP contribution is -2.27. The SMILES string of the molecule is COCCNC(=O)c1cnc(Nc2cccc(F)c2)nc1. The van der Waals surface area contributed by atoms with Crippen LogP contribution in [0, 0.1) is 5.82 Å². The first-order valence-corrected chi connectivity index (χ1v) is 6.31. The number of hydrogen-bond donors (Lipinski definition) is 2. The Morgan fingerprint density at radius 1 is 1.33 bits per heavy atom. The number of methoxy groups -OCH3 is 1. The van der Waals surface area contributed by atoms with Crippen LogP contribution in [0.3, 0.4) is 0 Å². The molecule has 0 saturated heterocycles. The van der Waals surface area contributed by atoms with E-state index in [0.717, 1.165) is 0 Å². The van der Waals surface area contributed by atoms with E-state index >= 15 is 0 Å². The van der Waals surface area contributed by atoms with Gasteiger partial charge in [-0.3, -0.25) is 4.79 Å². The molecular formula is C14H15FN4O2. The van der Waals surface area contributed by atoms with Crippen molar-refractivity contribution in [2.45, 2.75) is 0 Å². The van der Waals surface area contributed by atoms with Gasteiger partial charge in [0, 0.05) is 31.7 Å². The van der Waals surface area contributed by atoms with Crippen LogP contribution in [0.15, 0.2) is 36.7 Å². The quantitative estimate of drug-likeness (QED) is 0.792. The van der Waals surface area contributed by atoms with Crippen molar-refractivity contribution in [2.24, 2.45) is 0 Å². The van der Waals surface area contributed by atoms with Crippen LogP contribution in [0.1, 0.15) is 10.4 Å². The average Bonchev–Trinajstić information content (AvgIpc) is 2.48. The van der Waals surface area contributed by atoms with Gasteiger partial charge in [-0.25, -0.2) is 14.4 Å². The number of halogens is 1. The minimum atomic E-state index is -0.353. The van der Waals surface area contributed by atoms with Gasteiger partial charge in [0.05, 0.1) is 12.2 Å². The zero-order valence-corrected chi connectivity index (χ0v) is 11.5. The fraction of sp³-hybridized carbons (Fsp3) is 0.214. The molecule has 0 aliphatic carbocycles. The van der Waals surface area contributed by atoms with Crippen LogP contribution in [-0.4, -0.2) is 36.1 Å². The molecule has 0 unspecified atom stereocenters. The molecule has 0 spiro atoms. The van der Waals surface area contributed by atoms with Crippen molar-refractivity contribution >= 4 is 17.5 Å². The van der Waals surface area contributed by atoms with Gasteiger partial charge in [-0.15, -0.1) is 0 Å². The van der Waals surface area contributed by atoms with Crippen LogP contribution in [0.2, 0.25) is 0 Å². The van der Waals surface area contributed by atoms with E-state index in [1.165, 1.54) is 24.5 Å². The van der Waals surface area contributed by atoms with Crippen LogP contribution >= 0.6 is 0 Å². The molecule has 0 aliphatic heterocycles. The fourth-order valence-electron chi connectivity index (χ4n) is 1.57. The summed E-state index contributed by atoms with van der Waals surface area (Å²) in [6.07, 6.45) is 2.80. The van der Waals surface area contributed by atoms with Crippen molar-refractivity contribution in [3.63, 3.8) is 0 Å². The zero-order chi connectivity index (χ0) is 15.1. The highest BCUT2D eigenvalue weighted by atomic mass is 19.1. The van der Waals surface area contributed by atoms with Crippen LogP contribution in [0.25, 0.3) is 0 Å². The number of nitrogens with zero attached hydrogens (tertiary/aromatic N) is 2. The molecule has 1 heterocycles. The molecule has 7 heteroatoms. The number of aromatic nitrogens is 2. The number of benzene rings is 1. The summed E-state index contributed by atoms with van der Waals surface area (Å²) < 4.78 is 17.9. The lowest BCUT2D eigenvalue weighted by Gasteiger charge is -2.06. The van der Waals surface area contributed by atoms with E-state index in [0.29, 0.717) is 24.4 Å². The number of amides is 1. The Labute approximate surface area is 121 Å². The molecule has 1 aromatic carbocycles. The first kappa shape index (κ1) is 14.9. The molecule has 0 atom stereocenters. The number of hydrogen-bond acceptors (Lipinski definition) is 5. The molecule has 2 rings (SSSR count). The molecule has 0 saturated carbocycles. The van der Waals surface area contributed by atoms with E-state index < -0.39 is 0 Å². The van der Waals surface area contributed by atoms with Gasteiger partial charge >= 0.3 is 0 Å². The molecule has 110 valence electrons. The van der Waals surface area contributed by atoms with Crippen molar-refractivity contribution in [1.29, 1.82) is 0 Å². The molecule has 0 fully saturated rings. The van der Waals surface area contributed by atoms with E-state index in [4.69, 9.17) is 4.74 Å². The predicted octanol–water partition coefficient (Wildman–Crippen LogP) is 1.74. The standard InChI is InChI=1S/C14H15FN4O2/c1-21-6-5-16-13(20)10-8-17-14(18-9-10)19-12-4-2-3-11(15)7-12/h2-4,7-9H,5-6H2,1H3,(H,16,20)(H,17,18,19). The summed E-state index contributed by atoms with van der Waals surface area (Å²) in [5.74, 6) is -0.340. The first-order valence-electron chi connectivity index (χ1n) is 6.31. The molecule has 0 bridgehead atoms. The third-order valence-corrected chi connectivity index (χ3v) is 2.59. The minimum absolute atomic E-state index is 0.274. The van der Waals surface area contributed by atoms with Crippen LogP contribution < -0.4 is 10.6 Å². The molecule has 0 radical (unpaired) electrons. The van der Waals surface area contributed by atoms with Gasteiger partial charge in [-0.05, 0) is 18.2 Å². The Morgan fingerprint density at radius 3 is 2.76 bits per heavy atom. The van der Waals surface area contributed by atoms with Crippen LogP contribution in [-0.2, 0) is 4.74 Å². The predicted molar refractivity (Wildman–Crippen MR) is 75.9 cm³/mol. The molecule has 21 heavy (non-hydrogen) atoms. The van der Waals surface area contributed by atoms with Crippen molar-refractivity contribution in [2.75, 3.05) is 25.6 Å². The monoisotopic (exact) mass is 290 g/mol. The van der Waals surface area contributed by atoms with E-state index in [1.807, 2.05) is 0 Å². The average molecular weight is 290 g/mol. The number of rotatable bonds is 6. The highest BCUT2D eigenvalue weighted by Crippen LogP contribution is 2.13. The Bertz CT molecular complexity index is 604. The van der Waals surface area contributed by atoms with Crippen molar-refractivity contribution in [3.8, 4) is 0 Å². The number of nitrogens with one attached hydrogen (secondary N) is 2. The maximum Gasteiger partial charge on any atom is 0.254 e. The molecule has 1 amide bonds. The summed E-state index contributed by atoms with van der Waals surface area (Å²) in [5, 5.41) is 5.51. The second-order valence-corrected chi connectivity index (χ2v) is 4.18. The second-order valence-electron chi connectivity index (χ2n) is 4.18. The summed E-state index contributed by atoms with van der Waals surface area (Å²) in [4.78, 5) is 19.7. The third-order valence-electron chi connectivity index (χ3n) is 2.59. The first-order chi connectivity index (χ1) is 10.2. The summed E-state index contributed by atoms with van der Waals surface area (Å²) in [6, 6.07) is 5.95. The van der Waals surface area contributed by atoms with E-state index in [2.05, 4.69) is 20.6 Å². The third kappa shape index (κ3) is 4.50. The van der Waals surface area contributed by atoms with Crippen molar-refractivity contribution in [1.82, 2.24) is 15.3 Å². The Hall–Kier alpha value is -2.54. The van der Waals surface area contributed by atoms with Crippen molar-refractivity contribution in [3.05, 3.63) is 48.0 Å². The maximum absolute atomic E-state index is 13.0. The van der Waals surface area contributed by atoms with E-state index in [1.54, 1.807) is 19.2 Å². The summed E-state index contributed by atoms with van der Waals surface area (Å²) >= 11 is 0. The van der Waals surface area contributed by atoms with Gasteiger partial charge in [0.15, 0.2) is 0 Å². The Balaban J connectivity index is 1.97. The molecule has 6 nitrogen and oxygen atoms in total. The topological polar surface area (TPSA) is 76.1 Å². The van der Waals surface area contributed by atoms with Gasteiger partial charge in [0.2, 0.25) is 5.95 Å². The zero-order valence-electron chi connectivity index (χ0n) is 11.5. The number of ether oxygens (including phenoxy) is 1. The van der Waals surface area contributed by atoms with Crippen molar-refractivity contribution < 1.29 is 13.9 Å². The van der Waals surface area contributed by atoms with Crippen LogP contribution in [0.5, 0.6) is 0 Å². The highest BCUT2D eigenvalue weighted by Gasteiger charge is 2.06. The normalized spacial score (nSPS) is 10.2. The van der Waals surface area contributed by atoms with E-state index in [9.17, 15) is 9.18 Å². The van der Waals surface area contributed by atoms with Gasteiger partial charge in [-0.1, -0.05) is 6.07 Å². The molecule has 1 aromatic heterocycles. The van der Waals surface area contributed by atoms with Crippen LogP contribution in [0.4, 0.5) is 16.0 Å². The largest absolute Gasteiger partial charge is 0.383 e. The number of anilines is 2. The minimum Gasteiger partial charge on any atom is -0.383 e. The Kier molecular flexibility index (Phi) is 5.16. The molecule has 2 N–H and O–H groups in total. The fourth-order valence-corrected chi connectivity index (χ4v) is 1.57. The highest BCUT2D eigenvalue weighted by molar-refractivity contribution is 5.93. The van der Waals surface area contributed by atoms with Gasteiger partial charge in [0.1, 0.15) is 5.82 Å². The van der Waals surface area contributed by atoms with E-state index in [-0.39, 0.29) is 17.7 Å². The molecule has 2 aromatic rings. The number of carbonyl (C=O) groups excluding carboxylic acids is 1. The molecule has 0 aliphatic rings. The maximum atomic E-state index is 13.0. The van der Waals surface area contributed by atoms with Gasteiger partial charge < -0.3 is 15.4 Å². The lowest BCUT2D eigenvalue weighted by molar-refractivity contribution is 0.0936. The summed E-state index contributed by atoms with van der Waals surface area (Å²) in [5.41, 5.74) is 0.878. The lowest BCUT2D eigenvalue weighted by atomic mass is 10.3. The van der Waals surface area contributed by atoms with Gasteiger partial charge in [0.25, 0.3) is 5.91 Å². The summed E-state index contributed by atoms with van der Waals surface area (Å²) in [6.45, 7) is 0.852. The van der Waals surface area contributed by atoms with Gasteiger partial charge in [-0.2, -0.15) is 0 Å². The second kappa shape index (κ2) is 7.30. The Morgan fingerprint density at radius 2 is 2.10 bits per heavy atom. The number of carbonyl (C=O) groups is 1.